The van der Waals surface area contributed by atoms with Gasteiger partial charge in [-0.2, -0.15) is 0 Å². The molecule has 1 nitrogen and oxygen atoms in total. The number of benzene rings is 12. The molecule has 0 aliphatic rings. The normalized spacial score (nSPS) is 11.3. The molecule has 0 saturated heterocycles. The van der Waals surface area contributed by atoms with E-state index in [2.05, 4.69) is 284 Å². The van der Waals surface area contributed by atoms with Crippen molar-refractivity contribution in [1.82, 2.24) is 4.98 Å². The zero-order valence-corrected chi connectivity index (χ0v) is 39.6. The first-order valence-corrected chi connectivity index (χ1v) is 24.8. The zero-order chi connectivity index (χ0) is 47.8. The molecule has 0 N–H and O–H groups in total. The highest BCUT2D eigenvalue weighted by atomic mass is 14.6. The van der Waals surface area contributed by atoms with Gasteiger partial charge >= 0.3 is 0 Å². The van der Waals surface area contributed by atoms with Crippen molar-refractivity contribution in [3.63, 3.8) is 0 Å². The lowest BCUT2D eigenvalue weighted by Crippen LogP contribution is -2.02. The van der Waals surface area contributed by atoms with E-state index in [0.717, 1.165) is 44.3 Å². The predicted octanol–water partition coefficient (Wildman–Crippen LogP) is 19.5. The number of para-hydroxylation sites is 1. The highest BCUT2D eigenvalue weighted by molar-refractivity contribution is 6.22. The SMILES string of the molecule is c1ccc(-c2c(-c3ccccc3)c(-c3ccccc3)c(-c3cccc(-c4c5ccccc5c(-c5cccc(-c6ccnc7ccccc67)c5)c5ccccc45)c3)c(-c3ccccc3)c2-c2ccccc2)cc1. The molecule has 1 aromatic heterocycles. The van der Waals surface area contributed by atoms with Gasteiger partial charge in [-0.25, -0.2) is 0 Å². The molecule has 0 radical (unpaired) electrons. The van der Waals surface area contributed by atoms with Crippen molar-refractivity contribution in [2.75, 3.05) is 0 Å². The van der Waals surface area contributed by atoms with E-state index in [0.29, 0.717) is 0 Å². The number of hydrogen-bond acceptors (Lipinski definition) is 1. The maximum atomic E-state index is 4.69. The fourth-order valence-corrected chi connectivity index (χ4v) is 11.3. The fraction of sp³-hybridized carbons (Fsp3) is 0. The third-order valence-corrected chi connectivity index (χ3v) is 14.3. The third kappa shape index (κ3) is 7.48. The van der Waals surface area contributed by atoms with E-state index >= 15 is 0 Å². The van der Waals surface area contributed by atoms with Crippen LogP contribution in [0.3, 0.4) is 0 Å². The molecule has 0 fully saturated rings. The summed E-state index contributed by atoms with van der Waals surface area (Å²) in [4.78, 5) is 4.69. The largest absolute Gasteiger partial charge is 0.256 e. The van der Waals surface area contributed by atoms with Gasteiger partial charge in [0.1, 0.15) is 0 Å². The molecule has 0 aliphatic carbocycles. The Morgan fingerprint density at radius 1 is 0.181 bits per heavy atom. The molecule has 0 amide bonds. The van der Waals surface area contributed by atoms with Crippen LogP contribution in [0.25, 0.3) is 133 Å². The highest BCUT2D eigenvalue weighted by Crippen LogP contribution is 2.56. The molecule has 12 aromatic carbocycles. The molecular weight excluding hydrogens is 867 g/mol. The summed E-state index contributed by atoms with van der Waals surface area (Å²) in [5.74, 6) is 0. The summed E-state index contributed by atoms with van der Waals surface area (Å²) in [6.07, 6.45) is 1.92. The van der Waals surface area contributed by atoms with E-state index < -0.39 is 0 Å². The fourth-order valence-electron chi connectivity index (χ4n) is 11.3. The van der Waals surface area contributed by atoms with E-state index in [-0.39, 0.29) is 0 Å². The van der Waals surface area contributed by atoms with Gasteiger partial charge in [0.2, 0.25) is 0 Å². The van der Waals surface area contributed by atoms with Crippen LogP contribution in [0.2, 0.25) is 0 Å². The van der Waals surface area contributed by atoms with Crippen LogP contribution in [-0.2, 0) is 0 Å². The number of rotatable bonds is 9. The van der Waals surface area contributed by atoms with Crippen LogP contribution < -0.4 is 0 Å². The Hall–Kier alpha value is -9.43. The molecular formula is C71H47N. The minimum atomic E-state index is 0.995. The maximum absolute atomic E-state index is 4.69. The number of nitrogens with zero attached hydrogens (tertiary/aromatic N) is 1. The van der Waals surface area contributed by atoms with E-state index in [9.17, 15) is 0 Å². The van der Waals surface area contributed by atoms with Crippen LogP contribution in [-0.4, -0.2) is 4.98 Å². The molecule has 336 valence electrons. The average molecular weight is 914 g/mol. The van der Waals surface area contributed by atoms with Gasteiger partial charge in [-0.3, -0.25) is 4.98 Å². The molecule has 0 unspecified atom stereocenters. The monoisotopic (exact) mass is 913 g/mol. The van der Waals surface area contributed by atoms with E-state index in [1.54, 1.807) is 0 Å². The highest BCUT2D eigenvalue weighted by Gasteiger charge is 2.29. The molecule has 1 heterocycles. The predicted molar refractivity (Wildman–Crippen MR) is 306 cm³/mol. The molecule has 0 aliphatic heterocycles. The second kappa shape index (κ2) is 18.5. The minimum absolute atomic E-state index is 0.995. The van der Waals surface area contributed by atoms with Gasteiger partial charge in [0.25, 0.3) is 0 Å². The van der Waals surface area contributed by atoms with Crippen LogP contribution in [0, 0.1) is 0 Å². The minimum Gasteiger partial charge on any atom is -0.256 e. The van der Waals surface area contributed by atoms with Gasteiger partial charge in [-0.05, 0) is 146 Å². The molecule has 0 saturated carbocycles. The Morgan fingerprint density at radius 2 is 0.444 bits per heavy atom. The van der Waals surface area contributed by atoms with Gasteiger partial charge in [-0.15, -0.1) is 0 Å². The second-order valence-electron chi connectivity index (χ2n) is 18.5. The Labute approximate surface area is 420 Å². The number of pyridine rings is 1. The van der Waals surface area contributed by atoms with Crippen molar-refractivity contribution in [3.05, 3.63) is 285 Å². The summed E-state index contributed by atoms with van der Waals surface area (Å²) in [7, 11) is 0. The molecule has 13 aromatic rings. The van der Waals surface area contributed by atoms with E-state index in [4.69, 9.17) is 0 Å². The zero-order valence-electron chi connectivity index (χ0n) is 39.6. The maximum Gasteiger partial charge on any atom is 0.0708 e. The Kier molecular flexibility index (Phi) is 10.9. The molecule has 0 spiro atoms. The van der Waals surface area contributed by atoms with Crippen molar-refractivity contribution in [3.8, 4) is 100 Å². The average Bonchev–Trinajstić information content (AvgIpc) is 3.46. The summed E-state index contributed by atoms with van der Waals surface area (Å²) in [6.45, 7) is 0. The number of aromatic nitrogens is 1. The van der Waals surface area contributed by atoms with Crippen LogP contribution in [0.5, 0.6) is 0 Å². The standard InChI is InChI=1S/C71H47N/c1-6-24-48(25-7-1)66-67(49-26-8-2-9-27-49)69(51-30-12-4-13-31-51)71(70(52-32-14-5-15-33-52)68(66)50-28-10-3-11-29-50)56-37-23-36-55(47-56)65-61-41-18-16-39-59(61)64(60-40-17-19-42-62(60)65)54-35-22-34-53(46-54)57-44-45-72-63-43-21-20-38-58(57)63/h1-47H. The first-order chi connectivity index (χ1) is 35.8. The lowest BCUT2D eigenvalue weighted by Gasteiger charge is -2.29. The van der Waals surface area contributed by atoms with Gasteiger partial charge in [0.15, 0.2) is 0 Å². The van der Waals surface area contributed by atoms with Crippen molar-refractivity contribution in [1.29, 1.82) is 0 Å². The smallest absolute Gasteiger partial charge is 0.0708 e. The summed E-state index contributed by atoms with van der Waals surface area (Å²) >= 11 is 0. The Bertz CT molecular complexity index is 3940. The number of hydrogen-bond donors (Lipinski definition) is 0. The van der Waals surface area contributed by atoms with E-state index in [1.165, 1.54) is 88.3 Å². The van der Waals surface area contributed by atoms with Crippen molar-refractivity contribution >= 4 is 32.4 Å². The van der Waals surface area contributed by atoms with Gasteiger partial charge in [0.05, 0.1) is 5.52 Å². The summed E-state index contributed by atoms with van der Waals surface area (Å²) in [6, 6.07) is 102. The van der Waals surface area contributed by atoms with Crippen molar-refractivity contribution in [2.24, 2.45) is 0 Å². The lowest BCUT2D eigenvalue weighted by atomic mass is 9.74. The first-order valence-electron chi connectivity index (χ1n) is 24.8. The summed E-state index contributed by atoms with van der Waals surface area (Å²) in [5, 5.41) is 6.00. The first kappa shape index (κ1) is 42.7. The van der Waals surface area contributed by atoms with E-state index in [1.807, 2.05) is 6.20 Å². The Morgan fingerprint density at radius 3 is 0.819 bits per heavy atom. The van der Waals surface area contributed by atoms with Crippen LogP contribution >= 0.6 is 0 Å². The van der Waals surface area contributed by atoms with Gasteiger partial charge < -0.3 is 0 Å². The molecule has 13 rings (SSSR count). The lowest BCUT2D eigenvalue weighted by molar-refractivity contribution is 1.41. The molecule has 0 atom stereocenters. The van der Waals surface area contributed by atoms with Gasteiger partial charge in [0, 0.05) is 11.6 Å². The summed E-state index contributed by atoms with van der Waals surface area (Å²) < 4.78 is 0. The molecule has 72 heavy (non-hydrogen) atoms. The molecule has 1 heteroatoms. The topological polar surface area (TPSA) is 12.9 Å². The quantitative estimate of drug-likeness (QED) is 0.132. The second-order valence-corrected chi connectivity index (χ2v) is 18.5. The molecule has 0 bridgehead atoms. The van der Waals surface area contributed by atoms with Gasteiger partial charge in [-0.1, -0.05) is 255 Å². The van der Waals surface area contributed by atoms with Crippen molar-refractivity contribution < 1.29 is 0 Å². The third-order valence-electron chi connectivity index (χ3n) is 14.3. The van der Waals surface area contributed by atoms with Crippen molar-refractivity contribution in [2.45, 2.75) is 0 Å². The summed E-state index contributed by atoms with van der Waals surface area (Å²) in [5.41, 5.74) is 22.3. The van der Waals surface area contributed by atoms with Crippen LogP contribution in [0.15, 0.2) is 285 Å². The van der Waals surface area contributed by atoms with Crippen LogP contribution in [0.1, 0.15) is 0 Å². The number of fused-ring (bicyclic) bond motifs is 3. The van der Waals surface area contributed by atoms with Crippen LogP contribution in [0.4, 0.5) is 0 Å². The Balaban J connectivity index is 1.13.